The summed E-state index contributed by atoms with van der Waals surface area (Å²) < 4.78 is 15.4. The Bertz CT molecular complexity index is 3050. The molecule has 0 radical (unpaired) electrons. The topological polar surface area (TPSA) is 69.9 Å². The summed E-state index contributed by atoms with van der Waals surface area (Å²) in [7, 11) is 0. The molecule has 0 fully saturated rings. The molecule has 0 amide bonds. The third-order valence-electron chi connectivity index (χ3n) is 9.77. The molecule has 6 aromatic carbocycles. The van der Waals surface area contributed by atoms with Crippen molar-refractivity contribution in [2.45, 2.75) is 6.92 Å². The van der Waals surface area contributed by atoms with Gasteiger partial charge in [0.05, 0.1) is 22.3 Å². The molecule has 10 rings (SSSR count). The Hall–Kier alpha value is -7.05. The maximum Gasteiger partial charge on any atom is 0.167 e. The van der Waals surface area contributed by atoms with Crippen molar-refractivity contribution in [1.29, 1.82) is 0 Å². The summed E-state index contributed by atoms with van der Waals surface area (Å²) in [5.74, 6) is 1.61. The lowest BCUT2D eigenvalue weighted by atomic mass is 10.1. The summed E-state index contributed by atoms with van der Waals surface area (Å²) in [6.07, 6.45) is 6.13. The number of fused-ring (bicyclic) bond motifs is 7. The van der Waals surface area contributed by atoms with Crippen LogP contribution in [0.3, 0.4) is 0 Å². The van der Waals surface area contributed by atoms with Crippen LogP contribution < -0.4 is 0 Å². The summed E-state index contributed by atoms with van der Waals surface area (Å²) in [5, 5.41) is 5.22. The average Bonchev–Trinajstić information content (AvgIpc) is 3.87. The maximum atomic E-state index is 6.77. The van der Waals surface area contributed by atoms with Crippen LogP contribution in [0, 0.1) is 0 Å². The van der Waals surface area contributed by atoms with Crippen molar-refractivity contribution < 1.29 is 8.83 Å². The van der Waals surface area contributed by atoms with Gasteiger partial charge in [0.25, 0.3) is 0 Å². The molecule has 0 spiro atoms. The second-order valence-corrected chi connectivity index (χ2v) is 12.8. The Morgan fingerprint density at radius 3 is 1.87 bits per heavy atom. The van der Waals surface area contributed by atoms with Gasteiger partial charge in [0.15, 0.2) is 17.5 Å². The first kappa shape index (κ1) is 29.8. The molecule has 0 N–H and O–H groups in total. The molecule has 0 atom stereocenters. The van der Waals surface area contributed by atoms with Gasteiger partial charge in [-0.15, -0.1) is 0 Å². The summed E-state index contributed by atoms with van der Waals surface area (Å²) in [6, 6.07) is 45.1. The number of rotatable bonds is 6. The number of para-hydroxylation sites is 4. The van der Waals surface area contributed by atoms with E-state index in [9.17, 15) is 0 Å². The third kappa shape index (κ3) is 4.55. The monoisotopic (exact) mass is 670 g/mol. The van der Waals surface area contributed by atoms with Crippen LogP contribution in [-0.2, 0) is 0 Å². The number of nitrogens with zero attached hydrogens (tertiary/aromatic N) is 4. The zero-order valence-electron chi connectivity index (χ0n) is 28.2. The molecule has 6 nitrogen and oxygen atoms in total. The van der Waals surface area contributed by atoms with E-state index in [1.807, 2.05) is 85.8 Å². The molecule has 52 heavy (non-hydrogen) atoms. The number of benzene rings is 6. The van der Waals surface area contributed by atoms with Crippen molar-refractivity contribution in [1.82, 2.24) is 19.5 Å². The van der Waals surface area contributed by atoms with Crippen molar-refractivity contribution in [3.63, 3.8) is 0 Å². The summed E-state index contributed by atoms with van der Waals surface area (Å²) in [5.41, 5.74) is 9.76. The Morgan fingerprint density at radius 2 is 1.15 bits per heavy atom. The lowest BCUT2D eigenvalue weighted by molar-refractivity contribution is 0.669. The predicted octanol–water partition coefficient (Wildman–Crippen LogP) is 12.3. The smallest absolute Gasteiger partial charge is 0.167 e. The van der Waals surface area contributed by atoms with Gasteiger partial charge in [-0.3, -0.25) is 0 Å². The summed E-state index contributed by atoms with van der Waals surface area (Å²) >= 11 is 0. The number of allylic oxidation sites excluding steroid dienone is 1. The van der Waals surface area contributed by atoms with Gasteiger partial charge in [-0.05, 0) is 49.4 Å². The van der Waals surface area contributed by atoms with Crippen molar-refractivity contribution in [3.05, 3.63) is 157 Å². The van der Waals surface area contributed by atoms with Crippen molar-refractivity contribution >= 4 is 66.9 Å². The first-order valence-electron chi connectivity index (χ1n) is 17.3. The van der Waals surface area contributed by atoms with Gasteiger partial charge < -0.3 is 13.4 Å². The molecule has 0 aliphatic carbocycles. The molecule has 0 aliphatic rings. The lowest BCUT2D eigenvalue weighted by Crippen LogP contribution is -2.00. The fraction of sp³-hybridized carbons (Fsp3) is 0.0217. The number of furan rings is 2. The quantitative estimate of drug-likeness (QED) is 0.176. The highest BCUT2D eigenvalue weighted by atomic mass is 16.3. The van der Waals surface area contributed by atoms with Crippen LogP contribution in [0.5, 0.6) is 0 Å². The SMILES string of the molecule is C=Cc1c(/C=C\C)c2ccccc2n1-c1ccc2c(c1)oc1c(-c3nc(-c4ccccc4)nc(-c4cccc5c4oc4ccccc45)n3)cccc12. The van der Waals surface area contributed by atoms with E-state index in [2.05, 4.69) is 84.0 Å². The Morgan fingerprint density at radius 1 is 0.558 bits per heavy atom. The average molecular weight is 671 g/mol. The molecule has 0 saturated carbocycles. The van der Waals surface area contributed by atoms with Crippen molar-refractivity contribution in [2.75, 3.05) is 0 Å². The van der Waals surface area contributed by atoms with Crippen molar-refractivity contribution in [2.24, 2.45) is 0 Å². The zero-order valence-corrected chi connectivity index (χ0v) is 28.2. The van der Waals surface area contributed by atoms with E-state index in [4.69, 9.17) is 23.8 Å². The highest BCUT2D eigenvalue weighted by Gasteiger charge is 2.21. The molecule has 246 valence electrons. The minimum Gasteiger partial charge on any atom is -0.455 e. The highest BCUT2D eigenvalue weighted by Crippen LogP contribution is 2.40. The van der Waals surface area contributed by atoms with Gasteiger partial charge in [-0.1, -0.05) is 110 Å². The number of aromatic nitrogens is 4. The number of hydrogen-bond acceptors (Lipinski definition) is 5. The Kier molecular flexibility index (Phi) is 6.76. The van der Waals surface area contributed by atoms with Gasteiger partial charge in [0.1, 0.15) is 22.3 Å². The Labute approximate surface area is 298 Å². The van der Waals surface area contributed by atoms with Gasteiger partial charge in [-0.25, -0.2) is 15.0 Å². The van der Waals surface area contributed by atoms with E-state index < -0.39 is 0 Å². The largest absolute Gasteiger partial charge is 0.455 e. The molecule has 0 aliphatic heterocycles. The predicted molar refractivity (Wildman–Crippen MR) is 212 cm³/mol. The minimum atomic E-state index is 0.517. The first-order chi connectivity index (χ1) is 25.7. The summed E-state index contributed by atoms with van der Waals surface area (Å²) in [6.45, 7) is 6.22. The van der Waals surface area contributed by atoms with E-state index in [0.29, 0.717) is 23.1 Å². The second-order valence-electron chi connectivity index (χ2n) is 12.8. The second kappa shape index (κ2) is 11.8. The van der Waals surface area contributed by atoms with E-state index in [-0.39, 0.29) is 0 Å². The van der Waals surface area contributed by atoms with Gasteiger partial charge >= 0.3 is 0 Å². The van der Waals surface area contributed by atoms with E-state index in [0.717, 1.165) is 77.4 Å². The molecular formula is C46H30N4O2. The molecule has 0 bridgehead atoms. The molecule has 0 saturated heterocycles. The van der Waals surface area contributed by atoms with Crippen LogP contribution in [-0.4, -0.2) is 19.5 Å². The minimum absolute atomic E-state index is 0.517. The van der Waals surface area contributed by atoms with Crippen molar-refractivity contribution in [3.8, 4) is 39.9 Å². The third-order valence-corrected chi connectivity index (χ3v) is 9.77. The normalized spacial score (nSPS) is 11.9. The Balaban J connectivity index is 1.19. The fourth-order valence-corrected chi connectivity index (χ4v) is 7.46. The van der Waals surface area contributed by atoms with Crippen LogP contribution in [0.2, 0.25) is 0 Å². The first-order valence-corrected chi connectivity index (χ1v) is 17.3. The van der Waals surface area contributed by atoms with Crippen LogP contribution >= 0.6 is 0 Å². The van der Waals surface area contributed by atoms with E-state index in [1.165, 1.54) is 5.39 Å². The maximum absolute atomic E-state index is 6.77. The van der Waals surface area contributed by atoms with Crippen LogP contribution in [0.15, 0.2) is 155 Å². The van der Waals surface area contributed by atoms with Gasteiger partial charge in [-0.2, -0.15) is 0 Å². The molecular weight excluding hydrogens is 641 g/mol. The fourth-order valence-electron chi connectivity index (χ4n) is 7.46. The van der Waals surface area contributed by atoms with E-state index in [1.54, 1.807) is 0 Å². The number of hydrogen-bond donors (Lipinski definition) is 0. The molecule has 6 heteroatoms. The lowest BCUT2D eigenvalue weighted by Gasteiger charge is -2.09. The molecule has 10 aromatic rings. The van der Waals surface area contributed by atoms with E-state index >= 15 is 0 Å². The molecule has 4 aromatic heterocycles. The molecule has 0 unspecified atom stereocenters. The van der Waals surface area contributed by atoms with Gasteiger partial charge in [0, 0.05) is 49.8 Å². The van der Waals surface area contributed by atoms with Crippen LogP contribution in [0.1, 0.15) is 18.2 Å². The van der Waals surface area contributed by atoms with Crippen LogP contribution in [0.4, 0.5) is 0 Å². The standard InChI is InChI=1S/C46H30N4O2/c1-3-14-30-31-17-8-10-23-39(31)50(38(30)4-2)29-25-26-33-35-20-13-22-37(43(35)52-41(33)27-29)46-48-44(28-15-6-5-7-16-28)47-45(49-46)36-21-12-19-34-32-18-9-11-24-40(32)51-42(34)36/h3-27H,2H2,1H3/b14-3-. The zero-order chi connectivity index (χ0) is 34.8. The highest BCUT2D eigenvalue weighted by molar-refractivity contribution is 6.11. The van der Waals surface area contributed by atoms with Crippen LogP contribution in [0.25, 0.3) is 107 Å². The molecule has 4 heterocycles. The van der Waals surface area contributed by atoms with Gasteiger partial charge in [0.2, 0.25) is 0 Å². The summed E-state index contributed by atoms with van der Waals surface area (Å²) in [4.78, 5) is 15.2.